The summed E-state index contributed by atoms with van der Waals surface area (Å²) in [5.41, 5.74) is 1.73. The molecule has 2 rings (SSSR count). The van der Waals surface area contributed by atoms with E-state index < -0.39 is 0 Å². The van der Waals surface area contributed by atoms with Crippen LogP contribution in [-0.4, -0.2) is 39.9 Å². The van der Waals surface area contributed by atoms with Crippen LogP contribution in [0.5, 0.6) is 0 Å². The largest absolute Gasteiger partial charge is 0.469 e. The van der Waals surface area contributed by atoms with Crippen molar-refractivity contribution < 1.29 is 19.7 Å². The summed E-state index contributed by atoms with van der Waals surface area (Å²) in [6.07, 6.45) is 1.82. The number of aliphatic hydroxyl groups is 2. The quantitative estimate of drug-likeness (QED) is 0.755. The second-order valence-corrected chi connectivity index (χ2v) is 7.52. The molecule has 24 heavy (non-hydrogen) atoms. The SMILES string of the molecule is CCc1nc(C)sc1CC(=O)OC.Cc1nc(CO)c(CCO)s1. The molecule has 0 saturated heterocycles. The van der Waals surface area contributed by atoms with Gasteiger partial charge in [0, 0.05) is 22.8 Å². The Labute approximate surface area is 150 Å². The highest BCUT2D eigenvalue weighted by Crippen LogP contribution is 2.19. The minimum Gasteiger partial charge on any atom is -0.469 e. The molecule has 2 aromatic rings. The first kappa shape index (κ1) is 20.7. The number of nitrogens with zero attached hydrogens (tertiary/aromatic N) is 2. The fraction of sp³-hybridized carbons (Fsp3) is 0.562. The van der Waals surface area contributed by atoms with Gasteiger partial charge in [-0.25, -0.2) is 9.97 Å². The Morgan fingerprint density at radius 2 is 1.67 bits per heavy atom. The topological polar surface area (TPSA) is 92.5 Å². The maximum absolute atomic E-state index is 11.0. The number of hydrogen-bond donors (Lipinski definition) is 2. The van der Waals surface area contributed by atoms with Crippen molar-refractivity contribution in [1.82, 2.24) is 9.97 Å². The Hall–Kier alpha value is -1.35. The van der Waals surface area contributed by atoms with E-state index in [-0.39, 0.29) is 19.2 Å². The van der Waals surface area contributed by atoms with E-state index >= 15 is 0 Å². The molecular weight excluding hydrogens is 348 g/mol. The number of esters is 1. The molecule has 134 valence electrons. The zero-order chi connectivity index (χ0) is 18.1. The van der Waals surface area contributed by atoms with Crippen molar-refractivity contribution in [3.05, 3.63) is 31.2 Å². The third kappa shape index (κ3) is 6.27. The van der Waals surface area contributed by atoms with Gasteiger partial charge >= 0.3 is 5.97 Å². The molecule has 0 radical (unpaired) electrons. The zero-order valence-corrected chi connectivity index (χ0v) is 16.1. The van der Waals surface area contributed by atoms with E-state index in [1.807, 2.05) is 20.8 Å². The number of carbonyl (C=O) groups is 1. The zero-order valence-electron chi connectivity index (χ0n) is 14.5. The molecule has 0 aromatic carbocycles. The molecule has 8 heteroatoms. The highest BCUT2D eigenvalue weighted by Gasteiger charge is 2.11. The lowest BCUT2D eigenvalue weighted by Crippen LogP contribution is -2.04. The monoisotopic (exact) mass is 372 g/mol. The minimum absolute atomic E-state index is 0.0281. The van der Waals surface area contributed by atoms with Crippen LogP contribution in [0.3, 0.4) is 0 Å². The van der Waals surface area contributed by atoms with Gasteiger partial charge in [-0.2, -0.15) is 0 Å². The molecule has 0 amide bonds. The standard InChI is InChI=1S/C9H13NO2S.C7H11NO2S/c1-4-7-8(5-9(11)12-3)13-6(2)10-7;1-5-8-6(4-10)7(11-5)2-3-9/h4-5H2,1-3H3;9-10H,2-4H2,1H3. The summed E-state index contributed by atoms with van der Waals surface area (Å²) in [4.78, 5) is 21.5. The third-order valence-electron chi connectivity index (χ3n) is 3.13. The van der Waals surface area contributed by atoms with E-state index in [1.165, 1.54) is 18.4 Å². The van der Waals surface area contributed by atoms with Gasteiger partial charge in [-0.15, -0.1) is 22.7 Å². The van der Waals surface area contributed by atoms with E-state index in [4.69, 9.17) is 10.2 Å². The van der Waals surface area contributed by atoms with E-state index in [2.05, 4.69) is 14.7 Å². The molecule has 0 spiro atoms. The van der Waals surface area contributed by atoms with E-state index in [0.29, 0.717) is 18.5 Å². The molecule has 0 fully saturated rings. The van der Waals surface area contributed by atoms with Crippen LogP contribution in [0.15, 0.2) is 0 Å². The van der Waals surface area contributed by atoms with Crippen molar-refractivity contribution in [1.29, 1.82) is 0 Å². The third-order valence-corrected chi connectivity index (χ3v) is 5.21. The van der Waals surface area contributed by atoms with Crippen LogP contribution < -0.4 is 0 Å². The number of ether oxygens (including phenoxy) is 1. The van der Waals surface area contributed by atoms with Gasteiger partial charge in [-0.05, 0) is 20.3 Å². The number of hydrogen-bond acceptors (Lipinski definition) is 8. The van der Waals surface area contributed by atoms with Gasteiger partial charge in [0.05, 0.1) is 41.5 Å². The molecule has 0 aliphatic heterocycles. The van der Waals surface area contributed by atoms with Crippen molar-refractivity contribution in [2.45, 2.75) is 46.6 Å². The fourth-order valence-electron chi connectivity index (χ4n) is 2.06. The lowest BCUT2D eigenvalue weighted by atomic mass is 10.2. The van der Waals surface area contributed by atoms with Gasteiger partial charge in [0.15, 0.2) is 0 Å². The van der Waals surface area contributed by atoms with Gasteiger partial charge in [0.25, 0.3) is 0 Å². The highest BCUT2D eigenvalue weighted by molar-refractivity contribution is 7.12. The smallest absolute Gasteiger partial charge is 0.310 e. The van der Waals surface area contributed by atoms with Crippen LogP contribution in [0.2, 0.25) is 0 Å². The molecule has 0 saturated carbocycles. The second kappa shape index (κ2) is 10.5. The first-order valence-electron chi connectivity index (χ1n) is 7.63. The summed E-state index contributed by atoms with van der Waals surface area (Å²) < 4.78 is 4.60. The van der Waals surface area contributed by atoms with Gasteiger partial charge in [0.2, 0.25) is 0 Å². The van der Waals surface area contributed by atoms with E-state index in [0.717, 1.165) is 31.9 Å². The van der Waals surface area contributed by atoms with Crippen LogP contribution in [0.1, 0.15) is 38.1 Å². The summed E-state index contributed by atoms with van der Waals surface area (Å²) in [5.74, 6) is -0.196. The molecule has 0 unspecified atom stereocenters. The van der Waals surface area contributed by atoms with Crippen LogP contribution in [0.4, 0.5) is 0 Å². The number of aliphatic hydroxyl groups excluding tert-OH is 2. The first-order valence-corrected chi connectivity index (χ1v) is 9.27. The lowest BCUT2D eigenvalue weighted by molar-refractivity contribution is -0.139. The average Bonchev–Trinajstić information content (AvgIpc) is 3.09. The molecular formula is C16H24N2O4S2. The molecule has 2 N–H and O–H groups in total. The van der Waals surface area contributed by atoms with Crippen molar-refractivity contribution in [2.75, 3.05) is 13.7 Å². The van der Waals surface area contributed by atoms with Crippen molar-refractivity contribution in [3.8, 4) is 0 Å². The van der Waals surface area contributed by atoms with Crippen LogP contribution in [0, 0.1) is 13.8 Å². The second-order valence-electron chi connectivity index (χ2n) is 4.94. The molecule has 0 aliphatic rings. The Morgan fingerprint density at radius 1 is 1.08 bits per heavy atom. The Kier molecular flexibility index (Phi) is 9.05. The predicted molar refractivity (Wildman–Crippen MR) is 95.5 cm³/mol. The first-order chi connectivity index (χ1) is 11.4. The average molecular weight is 373 g/mol. The summed E-state index contributed by atoms with van der Waals surface area (Å²) in [6.45, 7) is 5.97. The van der Waals surface area contributed by atoms with Gasteiger partial charge in [-0.1, -0.05) is 6.92 Å². The van der Waals surface area contributed by atoms with Gasteiger partial charge in [-0.3, -0.25) is 4.79 Å². The summed E-state index contributed by atoms with van der Waals surface area (Å²) in [5, 5.41) is 19.4. The molecule has 0 aliphatic carbocycles. The van der Waals surface area contributed by atoms with Crippen LogP contribution in [-0.2, 0) is 35.4 Å². The molecule has 0 bridgehead atoms. The number of aromatic nitrogens is 2. The number of thiazole rings is 2. The summed E-state index contributed by atoms with van der Waals surface area (Å²) >= 11 is 3.10. The van der Waals surface area contributed by atoms with Gasteiger partial charge < -0.3 is 14.9 Å². The van der Waals surface area contributed by atoms with Crippen molar-refractivity contribution in [2.24, 2.45) is 0 Å². The Balaban J connectivity index is 0.000000243. The van der Waals surface area contributed by atoms with Crippen LogP contribution >= 0.6 is 22.7 Å². The molecule has 6 nitrogen and oxygen atoms in total. The lowest BCUT2D eigenvalue weighted by Gasteiger charge is -1.97. The summed E-state index contributed by atoms with van der Waals surface area (Å²) in [6, 6.07) is 0. The number of methoxy groups -OCH3 is 1. The Morgan fingerprint density at radius 3 is 2.17 bits per heavy atom. The van der Waals surface area contributed by atoms with E-state index in [9.17, 15) is 4.79 Å². The highest BCUT2D eigenvalue weighted by atomic mass is 32.1. The number of rotatable bonds is 6. The molecule has 2 aromatic heterocycles. The fourth-order valence-corrected chi connectivity index (χ4v) is 4.01. The minimum atomic E-state index is -0.196. The maximum atomic E-state index is 11.0. The van der Waals surface area contributed by atoms with E-state index in [1.54, 1.807) is 11.3 Å². The van der Waals surface area contributed by atoms with Crippen molar-refractivity contribution in [3.63, 3.8) is 0 Å². The molecule has 2 heterocycles. The maximum Gasteiger partial charge on any atom is 0.310 e. The summed E-state index contributed by atoms with van der Waals surface area (Å²) in [7, 11) is 1.40. The van der Waals surface area contributed by atoms with Gasteiger partial charge in [0.1, 0.15) is 0 Å². The van der Waals surface area contributed by atoms with Crippen molar-refractivity contribution >= 4 is 28.6 Å². The molecule has 0 atom stereocenters. The number of aryl methyl sites for hydroxylation is 3. The number of carbonyl (C=O) groups excluding carboxylic acids is 1. The Bertz CT molecular complexity index is 653. The van der Waals surface area contributed by atoms with Crippen LogP contribution in [0.25, 0.3) is 0 Å². The normalized spacial score (nSPS) is 10.2. The predicted octanol–water partition coefficient (Wildman–Crippen LogP) is 2.21.